The number of amides is 1. The van der Waals surface area contributed by atoms with Crippen LogP contribution in [0.15, 0.2) is 76.4 Å². The minimum Gasteiger partial charge on any atom is -0.328 e. The summed E-state index contributed by atoms with van der Waals surface area (Å²) in [4.78, 5) is 15.9. The maximum atomic E-state index is 11.9. The average Bonchev–Trinajstić information content (AvgIpc) is 3.13. The third-order valence-electron chi connectivity index (χ3n) is 3.07. The van der Waals surface area contributed by atoms with E-state index < -0.39 is 5.91 Å². The highest BCUT2D eigenvalue weighted by molar-refractivity contribution is 5.90. The largest absolute Gasteiger partial charge is 0.329 e. The number of allylic oxidation sites excluding steroid dienone is 1. The number of hydrogen-bond donors (Lipinski definition) is 1. The predicted molar refractivity (Wildman–Crippen MR) is 91.2 cm³/mol. The molecule has 118 valence electrons. The Morgan fingerprint density at radius 3 is 2.50 bits per heavy atom. The van der Waals surface area contributed by atoms with E-state index in [1.54, 1.807) is 6.08 Å². The summed E-state index contributed by atoms with van der Waals surface area (Å²) in [6.07, 6.45) is 5.06. The van der Waals surface area contributed by atoms with Gasteiger partial charge in [-0.25, -0.2) is 5.43 Å². The molecule has 1 aromatic heterocycles. The average molecular weight is 318 g/mol. The van der Waals surface area contributed by atoms with Gasteiger partial charge in [-0.05, 0) is 11.6 Å². The number of nitrogens with zero attached hydrogens (tertiary/aromatic N) is 3. The third-order valence-corrected chi connectivity index (χ3v) is 3.07. The molecule has 0 saturated heterocycles. The van der Waals surface area contributed by atoms with Gasteiger partial charge in [-0.2, -0.15) is 10.1 Å². The topological polar surface area (TPSA) is 80.4 Å². The van der Waals surface area contributed by atoms with Crippen molar-refractivity contribution in [3.8, 4) is 11.4 Å². The Hall–Kier alpha value is -3.54. The van der Waals surface area contributed by atoms with E-state index in [0.717, 1.165) is 11.1 Å². The van der Waals surface area contributed by atoms with E-state index in [2.05, 4.69) is 20.7 Å². The molecule has 24 heavy (non-hydrogen) atoms. The second-order valence-corrected chi connectivity index (χ2v) is 4.78. The van der Waals surface area contributed by atoms with E-state index in [-0.39, 0.29) is 5.89 Å². The molecule has 0 fully saturated rings. The summed E-state index contributed by atoms with van der Waals surface area (Å²) in [6, 6.07) is 19.0. The van der Waals surface area contributed by atoms with Crippen molar-refractivity contribution in [3.63, 3.8) is 0 Å². The molecule has 0 atom stereocenters. The van der Waals surface area contributed by atoms with Crippen LogP contribution >= 0.6 is 0 Å². The van der Waals surface area contributed by atoms with Crippen molar-refractivity contribution in [2.24, 2.45) is 5.10 Å². The smallest absolute Gasteiger partial charge is 0.328 e. The van der Waals surface area contributed by atoms with Gasteiger partial charge in [0.1, 0.15) is 0 Å². The van der Waals surface area contributed by atoms with Gasteiger partial charge in [-0.1, -0.05) is 71.9 Å². The van der Waals surface area contributed by atoms with Gasteiger partial charge in [0.05, 0.1) is 0 Å². The van der Waals surface area contributed by atoms with Crippen LogP contribution in [-0.4, -0.2) is 22.3 Å². The number of nitrogens with one attached hydrogen (secondary N) is 1. The molecule has 3 rings (SSSR count). The Morgan fingerprint density at radius 1 is 1.04 bits per heavy atom. The van der Waals surface area contributed by atoms with Crippen LogP contribution < -0.4 is 5.43 Å². The molecule has 0 aliphatic carbocycles. The molecule has 0 aliphatic heterocycles. The number of carbonyl (C=O) groups is 1. The van der Waals surface area contributed by atoms with Gasteiger partial charge in [0.25, 0.3) is 0 Å². The number of aromatic nitrogens is 2. The summed E-state index contributed by atoms with van der Waals surface area (Å²) >= 11 is 0. The van der Waals surface area contributed by atoms with E-state index in [1.165, 1.54) is 6.21 Å². The zero-order chi connectivity index (χ0) is 16.6. The van der Waals surface area contributed by atoms with Crippen molar-refractivity contribution >= 4 is 18.2 Å². The van der Waals surface area contributed by atoms with Gasteiger partial charge in [-0.15, -0.1) is 0 Å². The quantitative estimate of drug-likeness (QED) is 0.579. The maximum Gasteiger partial charge on any atom is 0.329 e. The van der Waals surface area contributed by atoms with Crippen molar-refractivity contribution in [1.29, 1.82) is 0 Å². The van der Waals surface area contributed by atoms with Gasteiger partial charge in [-0.3, -0.25) is 4.79 Å². The molecule has 0 bridgehead atoms. The van der Waals surface area contributed by atoms with Gasteiger partial charge in [0, 0.05) is 11.8 Å². The molecule has 1 amide bonds. The minimum absolute atomic E-state index is 0.141. The first-order valence-corrected chi connectivity index (χ1v) is 7.27. The summed E-state index contributed by atoms with van der Waals surface area (Å²) in [7, 11) is 0. The van der Waals surface area contributed by atoms with E-state index in [9.17, 15) is 4.79 Å². The molecular weight excluding hydrogens is 304 g/mol. The standard InChI is InChI=1S/C18H14N4O2/c23-17(21-19-13-7-10-14-8-3-1-4-9-14)18-20-16(22-24-18)15-11-5-2-6-12-15/h1-13H,(H,21,23)/b10-7+,19-13+. The lowest BCUT2D eigenvalue weighted by Crippen LogP contribution is -2.17. The number of hydrazone groups is 1. The number of rotatable bonds is 5. The number of carbonyl (C=O) groups excluding carboxylic acids is 1. The van der Waals surface area contributed by atoms with Crippen LogP contribution in [-0.2, 0) is 0 Å². The molecule has 6 heteroatoms. The fourth-order valence-corrected chi connectivity index (χ4v) is 1.93. The summed E-state index contributed by atoms with van der Waals surface area (Å²) in [6.45, 7) is 0. The van der Waals surface area contributed by atoms with Crippen LogP contribution in [0.3, 0.4) is 0 Å². The van der Waals surface area contributed by atoms with Gasteiger partial charge < -0.3 is 4.52 Å². The molecule has 3 aromatic rings. The van der Waals surface area contributed by atoms with Gasteiger partial charge in [0.15, 0.2) is 0 Å². The zero-order valence-electron chi connectivity index (χ0n) is 12.7. The third kappa shape index (κ3) is 4.01. The molecule has 0 aliphatic rings. The number of hydrogen-bond acceptors (Lipinski definition) is 5. The van der Waals surface area contributed by atoms with Crippen molar-refractivity contribution in [2.75, 3.05) is 0 Å². The van der Waals surface area contributed by atoms with Crippen molar-refractivity contribution in [2.45, 2.75) is 0 Å². The van der Waals surface area contributed by atoms with Crippen LogP contribution in [0.1, 0.15) is 16.2 Å². The first-order chi connectivity index (χ1) is 11.8. The van der Waals surface area contributed by atoms with Crippen LogP contribution in [0.2, 0.25) is 0 Å². The first kappa shape index (κ1) is 15.4. The molecule has 6 nitrogen and oxygen atoms in total. The van der Waals surface area contributed by atoms with Crippen LogP contribution in [0.4, 0.5) is 0 Å². The molecule has 0 saturated carbocycles. The molecular formula is C18H14N4O2. The second kappa shape index (κ2) is 7.64. The Labute approximate surface area is 138 Å². The molecule has 0 radical (unpaired) electrons. The zero-order valence-corrected chi connectivity index (χ0v) is 12.7. The minimum atomic E-state index is -0.561. The van der Waals surface area contributed by atoms with E-state index in [1.807, 2.05) is 66.7 Å². The van der Waals surface area contributed by atoms with E-state index in [0.29, 0.717) is 5.82 Å². The normalized spacial score (nSPS) is 11.2. The molecule has 1 N–H and O–H groups in total. The van der Waals surface area contributed by atoms with Gasteiger partial charge >= 0.3 is 11.8 Å². The number of benzene rings is 2. The van der Waals surface area contributed by atoms with Crippen LogP contribution in [0.5, 0.6) is 0 Å². The predicted octanol–water partition coefficient (Wildman–Crippen LogP) is 3.17. The second-order valence-electron chi connectivity index (χ2n) is 4.78. The van der Waals surface area contributed by atoms with Crippen molar-refractivity contribution in [3.05, 3.63) is 78.2 Å². The summed E-state index contributed by atoms with van der Waals surface area (Å²) < 4.78 is 4.94. The molecule has 0 spiro atoms. The monoisotopic (exact) mass is 318 g/mol. The fraction of sp³-hybridized carbons (Fsp3) is 0. The van der Waals surface area contributed by atoms with E-state index >= 15 is 0 Å². The first-order valence-electron chi connectivity index (χ1n) is 7.27. The summed E-state index contributed by atoms with van der Waals surface area (Å²) in [5, 5.41) is 7.58. The fourth-order valence-electron chi connectivity index (χ4n) is 1.93. The SMILES string of the molecule is O=C(N/N=C/C=C/c1ccccc1)c1nc(-c2ccccc2)no1. The molecule has 2 aromatic carbocycles. The maximum absolute atomic E-state index is 11.9. The van der Waals surface area contributed by atoms with Crippen LogP contribution in [0.25, 0.3) is 17.5 Å². The van der Waals surface area contributed by atoms with Crippen molar-refractivity contribution in [1.82, 2.24) is 15.6 Å². The highest BCUT2D eigenvalue weighted by Crippen LogP contribution is 2.14. The Bertz CT molecular complexity index is 855. The molecule has 0 unspecified atom stereocenters. The van der Waals surface area contributed by atoms with Gasteiger partial charge in [0.2, 0.25) is 5.82 Å². The van der Waals surface area contributed by atoms with Crippen LogP contribution in [0, 0.1) is 0 Å². The van der Waals surface area contributed by atoms with Crippen molar-refractivity contribution < 1.29 is 9.32 Å². The highest BCUT2D eigenvalue weighted by atomic mass is 16.5. The lowest BCUT2D eigenvalue weighted by atomic mass is 10.2. The lowest BCUT2D eigenvalue weighted by Gasteiger charge is -1.92. The van der Waals surface area contributed by atoms with E-state index in [4.69, 9.17) is 4.52 Å². The summed E-state index contributed by atoms with van der Waals surface area (Å²) in [5.74, 6) is -0.346. The summed E-state index contributed by atoms with van der Waals surface area (Å²) in [5.41, 5.74) is 4.15. The highest BCUT2D eigenvalue weighted by Gasteiger charge is 2.15. The Kier molecular flexibility index (Phi) is 4.89. The lowest BCUT2D eigenvalue weighted by molar-refractivity contribution is 0.0911. The Morgan fingerprint density at radius 2 is 1.75 bits per heavy atom. The Balaban J connectivity index is 1.57. The molecule has 1 heterocycles.